The standard InChI is InChI=1S/C8H13Cl/c1-3-8(2)6-4-5-7-9/h4-6H,3,7H2,1-2H3/b5-4-,8-6-. The third-order valence-corrected chi connectivity index (χ3v) is 1.34. The number of halogens is 1. The molecule has 0 atom stereocenters. The number of hydrogen-bond donors (Lipinski definition) is 0. The van der Waals surface area contributed by atoms with Crippen LogP contribution in [-0.4, -0.2) is 5.88 Å². The van der Waals surface area contributed by atoms with Gasteiger partial charge in [0.25, 0.3) is 0 Å². The molecule has 0 bridgehead atoms. The van der Waals surface area contributed by atoms with Gasteiger partial charge in [-0.15, -0.1) is 11.6 Å². The van der Waals surface area contributed by atoms with Crippen LogP contribution in [0.2, 0.25) is 0 Å². The lowest BCUT2D eigenvalue weighted by Gasteiger charge is -1.87. The second-order valence-corrected chi connectivity index (χ2v) is 2.26. The maximum atomic E-state index is 5.41. The van der Waals surface area contributed by atoms with Crippen LogP contribution in [0.5, 0.6) is 0 Å². The van der Waals surface area contributed by atoms with Crippen LogP contribution in [0.4, 0.5) is 0 Å². The van der Waals surface area contributed by atoms with E-state index in [4.69, 9.17) is 11.6 Å². The second-order valence-electron chi connectivity index (χ2n) is 1.95. The summed E-state index contributed by atoms with van der Waals surface area (Å²) in [6.07, 6.45) is 7.13. The van der Waals surface area contributed by atoms with E-state index < -0.39 is 0 Å². The van der Waals surface area contributed by atoms with E-state index in [2.05, 4.69) is 19.9 Å². The molecule has 9 heavy (non-hydrogen) atoms. The van der Waals surface area contributed by atoms with Crippen LogP contribution >= 0.6 is 11.6 Å². The fourth-order valence-corrected chi connectivity index (χ4v) is 0.504. The smallest absolute Gasteiger partial charge is 0.0407 e. The van der Waals surface area contributed by atoms with Gasteiger partial charge in [0.05, 0.1) is 0 Å². The molecule has 0 aromatic rings. The topological polar surface area (TPSA) is 0 Å². The first-order valence-corrected chi connectivity index (χ1v) is 3.73. The molecule has 0 saturated carbocycles. The third-order valence-electron chi connectivity index (χ3n) is 1.16. The van der Waals surface area contributed by atoms with Gasteiger partial charge in [-0.25, -0.2) is 0 Å². The van der Waals surface area contributed by atoms with Crippen LogP contribution in [0.1, 0.15) is 20.3 Å². The summed E-state index contributed by atoms with van der Waals surface area (Å²) in [6.45, 7) is 4.25. The molecule has 0 unspecified atom stereocenters. The van der Waals surface area contributed by atoms with E-state index >= 15 is 0 Å². The van der Waals surface area contributed by atoms with Gasteiger partial charge in [-0.05, 0) is 13.3 Å². The molecule has 0 aromatic carbocycles. The van der Waals surface area contributed by atoms with Crippen molar-refractivity contribution in [1.29, 1.82) is 0 Å². The zero-order valence-corrected chi connectivity index (χ0v) is 6.78. The lowest BCUT2D eigenvalue weighted by atomic mass is 10.2. The Kier molecular flexibility index (Phi) is 5.75. The Balaban J connectivity index is 3.55. The van der Waals surface area contributed by atoms with Crippen LogP contribution in [0.3, 0.4) is 0 Å². The molecule has 0 amide bonds. The minimum absolute atomic E-state index is 0.605. The molecule has 0 saturated heterocycles. The second kappa shape index (κ2) is 5.90. The van der Waals surface area contributed by atoms with E-state index in [1.165, 1.54) is 5.57 Å². The molecule has 0 rings (SSSR count). The zero-order chi connectivity index (χ0) is 7.11. The minimum atomic E-state index is 0.605. The SMILES string of the molecule is CC/C(C)=C\C=C/CCl. The molecule has 0 N–H and O–H groups in total. The van der Waals surface area contributed by atoms with Gasteiger partial charge in [-0.2, -0.15) is 0 Å². The van der Waals surface area contributed by atoms with E-state index in [0.29, 0.717) is 5.88 Å². The van der Waals surface area contributed by atoms with Gasteiger partial charge in [0.1, 0.15) is 0 Å². The Morgan fingerprint density at radius 3 is 2.67 bits per heavy atom. The molecule has 0 aliphatic rings. The van der Waals surface area contributed by atoms with Gasteiger partial charge in [0, 0.05) is 5.88 Å². The van der Waals surface area contributed by atoms with Gasteiger partial charge < -0.3 is 0 Å². The van der Waals surface area contributed by atoms with Crippen molar-refractivity contribution in [1.82, 2.24) is 0 Å². The van der Waals surface area contributed by atoms with E-state index in [9.17, 15) is 0 Å². The summed E-state index contributed by atoms with van der Waals surface area (Å²) in [5.41, 5.74) is 1.39. The van der Waals surface area contributed by atoms with Gasteiger partial charge in [-0.1, -0.05) is 30.7 Å². The molecule has 0 fully saturated rings. The number of rotatable bonds is 3. The first-order chi connectivity index (χ1) is 4.31. The summed E-state index contributed by atoms with van der Waals surface area (Å²) in [4.78, 5) is 0. The molecule has 0 aliphatic heterocycles. The zero-order valence-electron chi connectivity index (χ0n) is 6.02. The third kappa shape index (κ3) is 5.64. The highest BCUT2D eigenvalue weighted by molar-refractivity contribution is 6.18. The Morgan fingerprint density at radius 1 is 1.56 bits per heavy atom. The number of allylic oxidation sites excluding steroid dienone is 4. The van der Waals surface area contributed by atoms with E-state index in [-0.39, 0.29) is 0 Å². The molecule has 1 heteroatoms. The molecular formula is C8H13Cl. The predicted octanol–water partition coefficient (Wildman–Crippen LogP) is 3.14. The molecule has 0 nitrogen and oxygen atoms in total. The molecule has 0 heterocycles. The lowest BCUT2D eigenvalue weighted by molar-refractivity contribution is 1.10. The van der Waals surface area contributed by atoms with Crippen molar-refractivity contribution >= 4 is 11.6 Å². The Labute approximate surface area is 62.2 Å². The normalized spacial score (nSPS) is 13.0. The van der Waals surface area contributed by atoms with Crippen LogP contribution < -0.4 is 0 Å². The van der Waals surface area contributed by atoms with Crippen molar-refractivity contribution in [3.63, 3.8) is 0 Å². The quantitative estimate of drug-likeness (QED) is 0.422. The maximum Gasteiger partial charge on any atom is 0.0407 e. The summed E-state index contributed by atoms with van der Waals surface area (Å²) in [5, 5.41) is 0. The summed E-state index contributed by atoms with van der Waals surface area (Å²) in [7, 11) is 0. The Hall–Kier alpha value is -0.230. The number of alkyl halides is 1. The van der Waals surface area contributed by atoms with Gasteiger partial charge in [0.15, 0.2) is 0 Å². The molecule has 0 aromatic heterocycles. The van der Waals surface area contributed by atoms with Gasteiger partial charge in [0.2, 0.25) is 0 Å². The highest BCUT2D eigenvalue weighted by Crippen LogP contribution is 1.97. The molecule has 52 valence electrons. The Morgan fingerprint density at radius 2 is 2.22 bits per heavy atom. The molecule has 0 aliphatic carbocycles. The van der Waals surface area contributed by atoms with Crippen LogP contribution in [0.15, 0.2) is 23.8 Å². The molecule has 0 radical (unpaired) electrons. The fraction of sp³-hybridized carbons (Fsp3) is 0.500. The first kappa shape index (κ1) is 8.77. The highest BCUT2D eigenvalue weighted by Gasteiger charge is 1.76. The molecular weight excluding hydrogens is 132 g/mol. The molecule has 0 spiro atoms. The number of hydrogen-bond acceptors (Lipinski definition) is 0. The highest BCUT2D eigenvalue weighted by atomic mass is 35.5. The van der Waals surface area contributed by atoms with Crippen molar-refractivity contribution in [3.05, 3.63) is 23.8 Å². The largest absolute Gasteiger partial charge is 0.122 e. The summed E-state index contributed by atoms with van der Waals surface area (Å²) in [5.74, 6) is 0.605. The van der Waals surface area contributed by atoms with E-state index in [1.807, 2.05) is 12.2 Å². The van der Waals surface area contributed by atoms with Crippen molar-refractivity contribution in [3.8, 4) is 0 Å². The summed E-state index contributed by atoms with van der Waals surface area (Å²) in [6, 6.07) is 0. The van der Waals surface area contributed by atoms with Crippen LogP contribution in [-0.2, 0) is 0 Å². The van der Waals surface area contributed by atoms with Crippen molar-refractivity contribution < 1.29 is 0 Å². The fourth-order valence-electron chi connectivity index (χ4n) is 0.402. The summed E-state index contributed by atoms with van der Waals surface area (Å²) >= 11 is 5.41. The van der Waals surface area contributed by atoms with Gasteiger partial charge in [-0.3, -0.25) is 0 Å². The lowest BCUT2D eigenvalue weighted by Crippen LogP contribution is -1.67. The van der Waals surface area contributed by atoms with E-state index in [0.717, 1.165) is 6.42 Å². The monoisotopic (exact) mass is 144 g/mol. The predicted molar refractivity (Wildman–Crippen MR) is 43.9 cm³/mol. The Bertz CT molecular complexity index is 112. The van der Waals surface area contributed by atoms with Crippen molar-refractivity contribution in [2.45, 2.75) is 20.3 Å². The average molecular weight is 145 g/mol. The van der Waals surface area contributed by atoms with Crippen molar-refractivity contribution in [2.75, 3.05) is 5.88 Å². The van der Waals surface area contributed by atoms with E-state index in [1.54, 1.807) is 0 Å². The summed E-state index contributed by atoms with van der Waals surface area (Å²) < 4.78 is 0. The van der Waals surface area contributed by atoms with Crippen LogP contribution in [0.25, 0.3) is 0 Å². The first-order valence-electron chi connectivity index (χ1n) is 3.19. The minimum Gasteiger partial charge on any atom is -0.122 e. The van der Waals surface area contributed by atoms with Crippen molar-refractivity contribution in [2.24, 2.45) is 0 Å². The maximum absolute atomic E-state index is 5.41. The van der Waals surface area contributed by atoms with Crippen LogP contribution in [0, 0.1) is 0 Å². The van der Waals surface area contributed by atoms with Gasteiger partial charge >= 0.3 is 0 Å². The average Bonchev–Trinajstić information content (AvgIpc) is 1.89.